The second-order valence-electron chi connectivity index (χ2n) is 3.93. The van der Waals surface area contributed by atoms with Crippen LogP contribution in [0.4, 0.5) is 0 Å². The molecule has 12 heavy (non-hydrogen) atoms. The molecule has 1 fully saturated rings. The third kappa shape index (κ3) is 1.41. The van der Waals surface area contributed by atoms with Gasteiger partial charge in [0.2, 0.25) is 0 Å². The summed E-state index contributed by atoms with van der Waals surface area (Å²) in [6.45, 7) is 6.39. The number of aliphatic hydroxyl groups excluding tert-OH is 2. The fourth-order valence-corrected chi connectivity index (χ4v) is 2.10. The predicted molar refractivity (Wildman–Crippen MR) is 48.8 cm³/mol. The van der Waals surface area contributed by atoms with Gasteiger partial charge < -0.3 is 10.2 Å². The van der Waals surface area contributed by atoms with Crippen molar-refractivity contribution in [3.8, 4) is 0 Å². The molecule has 2 heteroatoms. The first-order valence-electron chi connectivity index (χ1n) is 4.55. The fourth-order valence-electron chi connectivity index (χ4n) is 2.10. The van der Waals surface area contributed by atoms with Gasteiger partial charge in [0.25, 0.3) is 0 Å². The maximum atomic E-state index is 9.25. The highest BCUT2D eigenvalue weighted by Crippen LogP contribution is 2.47. The standard InChI is InChI=1S/C10H18O2/c1-8-3-4-9(5-6-11)10(8,2)7-12/h9,11-12H,1,3-7H2,2H3/t9-,10?/m1/s1. The number of aliphatic hydroxyl groups is 2. The minimum absolute atomic E-state index is 0.136. The Kier molecular flexibility index (Phi) is 2.91. The molecule has 70 valence electrons. The second kappa shape index (κ2) is 3.58. The molecule has 2 nitrogen and oxygen atoms in total. The van der Waals surface area contributed by atoms with Gasteiger partial charge in [-0.3, -0.25) is 0 Å². The summed E-state index contributed by atoms with van der Waals surface area (Å²) in [5.74, 6) is 0.417. The van der Waals surface area contributed by atoms with E-state index in [1.807, 2.05) is 6.92 Å². The Hall–Kier alpha value is -0.340. The van der Waals surface area contributed by atoms with Gasteiger partial charge in [0, 0.05) is 12.0 Å². The number of hydrogen-bond donors (Lipinski definition) is 2. The molecule has 2 N–H and O–H groups in total. The van der Waals surface area contributed by atoms with Crippen molar-refractivity contribution in [1.82, 2.24) is 0 Å². The Morgan fingerprint density at radius 2 is 2.25 bits per heavy atom. The van der Waals surface area contributed by atoms with Gasteiger partial charge in [0.1, 0.15) is 0 Å². The molecule has 2 atom stereocenters. The highest BCUT2D eigenvalue weighted by atomic mass is 16.3. The molecule has 0 aromatic heterocycles. The van der Waals surface area contributed by atoms with Crippen molar-refractivity contribution in [2.45, 2.75) is 26.2 Å². The van der Waals surface area contributed by atoms with Crippen LogP contribution in [0, 0.1) is 11.3 Å². The van der Waals surface area contributed by atoms with E-state index in [1.165, 1.54) is 0 Å². The molecule has 0 bridgehead atoms. The highest BCUT2D eigenvalue weighted by molar-refractivity contribution is 5.16. The molecule has 1 unspecified atom stereocenters. The fraction of sp³-hybridized carbons (Fsp3) is 0.800. The van der Waals surface area contributed by atoms with Crippen molar-refractivity contribution in [2.24, 2.45) is 11.3 Å². The molecule has 0 amide bonds. The SMILES string of the molecule is C=C1CC[C@H](CCO)C1(C)CO. The third-order valence-electron chi connectivity index (χ3n) is 3.31. The average molecular weight is 170 g/mol. The highest BCUT2D eigenvalue weighted by Gasteiger charge is 2.40. The van der Waals surface area contributed by atoms with Gasteiger partial charge in [0.15, 0.2) is 0 Å². The first kappa shape index (κ1) is 9.75. The second-order valence-corrected chi connectivity index (χ2v) is 3.93. The summed E-state index contributed by atoms with van der Waals surface area (Å²) in [4.78, 5) is 0. The van der Waals surface area contributed by atoms with Gasteiger partial charge in [-0.2, -0.15) is 0 Å². The van der Waals surface area contributed by atoms with Crippen molar-refractivity contribution in [3.63, 3.8) is 0 Å². The third-order valence-corrected chi connectivity index (χ3v) is 3.31. The topological polar surface area (TPSA) is 40.5 Å². The summed E-state index contributed by atoms with van der Waals surface area (Å²) in [5, 5.41) is 18.1. The average Bonchev–Trinajstić information content (AvgIpc) is 2.34. The summed E-state index contributed by atoms with van der Waals surface area (Å²) >= 11 is 0. The number of rotatable bonds is 3. The summed E-state index contributed by atoms with van der Waals surface area (Å²) in [6.07, 6.45) is 2.86. The van der Waals surface area contributed by atoms with Crippen molar-refractivity contribution in [3.05, 3.63) is 12.2 Å². The number of hydrogen-bond acceptors (Lipinski definition) is 2. The van der Waals surface area contributed by atoms with E-state index in [0.717, 1.165) is 24.8 Å². The van der Waals surface area contributed by atoms with E-state index >= 15 is 0 Å². The van der Waals surface area contributed by atoms with E-state index in [1.54, 1.807) is 0 Å². The molecule has 1 aliphatic rings. The van der Waals surface area contributed by atoms with Crippen LogP contribution in [-0.4, -0.2) is 23.4 Å². The molecule has 0 radical (unpaired) electrons. The van der Waals surface area contributed by atoms with Gasteiger partial charge in [-0.25, -0.2) is 0 Å². The maximum Gasteiger partial charge on any atom is 0.0524 e. The lowest BCUT2D eigenvalue weighted by Crippen LogP contribution is -2.28. The Bertz CT molecular complexity index is 177. The molecule has 0 saturated heterocycles. The Labute approximate surface area is 73.9 Å². The van der Waals surface area contributed by atoms with Gasteiger partial charge in [-0.05, 0) is 25.2 Å². The normalized spacial score (nSPS) is 35.9. The molecular weight excluding hydrogens is 152 g/mol. The predicted octanol–water partition coefficient (Wildman–Crippen LogP) is 1.33. The van der Waals surface area contributed by atoms with Gasteiger partial charge in [-0.1, -0.05) is 19.1 Å². The Morgan fingerprint density at radius 1 is 1.58 bits per heavy atom. The van der Waals surface area contributed by atoms with E-state index in [0.29, 0.717) is 5.92 Å². The van der Waals surface area contributed by atoms with E-state index < -0.39 is 0 Å². The zero-order chi connectivity index (χ0) is 9.19. The summed E-state index contributed by atoms with van der Waals surface area (Å²) in [6, 6.07) is 0. The molecule has 0 aliphatic heterocycles. The molecule has 1 rings (SSSR count). The molecule has 0 spiro atoms. The minimum atomic E-state index is -0.136. The van der Waals surface area contributed by atoms with Crippen molar-refractivity contribution in [2.75, 3.05) is 13.2 Å². The molecule has 0 heterocycles. The van der Waals surface area contributed by atoms with Crippen LogP contribution in [0.15, 0.2) is 12.2 Å². The van der Waals surface area contributed by atoms with Crippen LogP contribution in [0.25, 0.3) is 0 Å². The lowest BCUT2D eigenvalue weighted by atomic mass is 9.77. The summed E-state index contributed by atoms with van der Waals surface area (Å²) < 4.78 is 0. The maximum absolute atomic E-state index is 9.25. The van der Waals surface area contributed by atoms with Crippen molar-refractivity contribution in [1.29, 1.82) is 0 Å². The van der Waals surface area contributed by atoms with Crippen molar-refractivity contribution < 1.29 is 10.2 Å². The minimum Gasteiger partial charge on any atom is -0.396 e. The zero-order valence-electron chi connectivity index (χ0n) is 7.71. The lowest BCUT2D eigenvalue weighted by molar-refractivity contribution is 0.113. The van der Waals surface area contributed by atoms with Crippen LogP contribution in [0.2, 0.25) is 0 Å². The quantitative estimate of drug-likeness (QED) is 0.627. The van der Waals surface area contributed by atoms with Crippen LogP contribution in [0.5, 0.6) is 0 Å². The van der Waals surface area contributed by atoms with Gasteiger partial charge in [0.05, 0.1) is 6.61 Å². The first-order chi connectivity index (χ1) is 5.65. The Morgan fingerprint density at radius 3 is 2.75 bits per heavy atom. The molecular formula is C10H18O2. The van der Waals surface area contributed by atoms with E-state index in [2.05, 4.69) is 6.58 Å². The molecule has 1 saturated carbocycles. The van der Waals surface area contributed by atoms with Gasteiger partial charge >= 0.3 is 0 Å². The van der Waals surface area contributed by atoms with Crippen LogP contribution in [0.1, 0.15) is 26.2 Å². The van der Waals surface area contributed by atoms with E-state index in [4.69, 9.17) is 5.11 Å². The monoisotopic (exact) mass is 170 g/mol. The lowest BCUT2D eigenvalue weighted by Gasteiger charge is -2.30. The summed E-state index contributed by atoms with van der Waals surface area (Å²) in [5.41, 5.74) is 1.01. The summed E-state index contributed by atoms with van der Waals surface area (Å²) in [7, 11) is 0. The Balaban J connectivity index is 2.70. The van der Waals surface area contributed by atoms with E-state index in [9.17, 15) is 5.11 Å². The van der Waals surface area contributed by atoms with Crippen LogP contribution in [-0.2, 0) is 0 Å². The van der Waals surface area contributed by atoms with Gasteiger partial charge in [-0.15, -0.1) is 0 Å². The molecule has 0 aromatic carbocycles. The van der Waals surface area contributed by atoms with E-state index in [-0.39, 0.29) is 18.6 Å². The van der Waals surface area contributed by atoms with Crippen LogP contribution < -0.4 is 0 Å². The smallest absolute Gasteiger partial charge is 0.0524 e. The van der Waals surface area contributed by atoms with Crippen LogP contribution in [0.3, 0.4) is 0 Å². The molecule has 0 aromatic rings. The van der Waals surface area contributed by atoms with Crippen molar-refractivity contribution >= 4 is 0 Å². The van der Waals surface area contributed by atoms with Crippen LogP contribution >= 0.6 is 0 Å². The molecule has 1 aliphatic carbocycles. The first-order valence-corrected chi connectivity index (χ1v) is 4.55. The zero-order valence-corrected chi connectivity index (χ0v) is 7.71. The largest absolute Gasteiger partial charge is 0.396 e.